The Hall–Kier alpha value is -2.22. The van der Waals surface area contributed by atoms with Crippen molar-refractivity contribution in [3.8, 4) is 0 Å². The third-order valence-corrected chi connectivity index (χ3v) is 2.79. The molecular weight excluding hydrogens is 258 g/mol. The van der Waals surface area contributed by atoms with Crippen LogP contribution >= 0.6 is 11.6 Å². The first-order chi connectivity index (χ1) is 8.75. The van der Waals surface area contributed by atoms with Crippen LogP contribution in [0.2, 0.25) is 5.15 Å². The highest BCUT2D eigenvalue weighted by molar-refractivity contribution is 6.30. The Balaban J connectivity index is 1.99. The SMILES string of the molecule is Cc1c(Cl)nc2ncnn2c1NCc1ncon1. The molecule has 3 aromatic heterocycles. The van der Waals surface area contributed by atoms with Crippen LogP contribution in [0.1, 0.15) is 11.4 Å². The number of nitrogens with zero attached hydrogens (tertiary/aromatic N) is 6. The van der Waals surface area contributed by atoms with Crippen molar-refractivity contribution in [3.05, 3.63) is 29.3 Å². The normalized spacial score (nSPS) is 11.0. The molecule has 3 heterocycles. The molecule has 18 heavy (non-hydrogen) atoms. The van der Waals surface area contributed by atoms with Gasteiger partial charge < -0.3 is 9.84 Å². The van der Waals surface area contributed by atoms with E-state index in [2.05, 4.69) is 35.0 Å². The molecule has 0 aliphatic rings. The summed E-state index contributed by atoms with van der Waals surface area (Å²) in [5.74, 6) is 1.67. The van der Waals surface area contributed by atoms with Gasteiger partial charge in [0.2, 0.25) is 6.39 Å². The Bertz CT molecular complexity index is 678. The number of fused-ring (bicyclic) bond motifs is 1. The Morgan fingerprint density at radius 1 is 1.44 bits per heavy atom. The van der Waals surface area contributed by atoms with Crippen LogP contribution in [0.15, 0.2) is 17.2 Å². The van der Waals surface area contributed by atoms with E-state index in [0.717, 1.165) is 5.56 Å². The second kappa shape index (κ2) is 4.22. The summed E-state index contributed by atoms with van der Waals surface area (Å²) in [5, 5.41) is 11.3. The second-order valence-electron chi connectivity index (χ2n) is 3.55. The summed E-state index contributed by atoms with van der Waals surface area (Å²) in [7, 11) is 0. The average molecular weight is 266 g/mol. The topological polar surface area (TPSA) is 94.0 Å². The number of hydrogen-bond donors (Lipinski definition) is 1. The van der Waals surface area contributed by atoms with Gasteiger partial charge in [-0.15, -0.1) is 0 Å². The Morgan fingerprint density at radius 3 is 3.11 bits per heavy atom. The van der Waals surface area contributed by atoms with Gasteiger partial charge >= 0.3 is 0 Å². The van der Waals surface area contributed by atoms with Crippen LogP contribution in [0, 0.1) is 6.92 Å². The van der Waals surface area contributed by atoms with Gasteiger partial charge in [-0.2, -0.15) is 24.6 Å². The molecule has 0 aliphatic heterocycles. The molecule has 9 heteroatoms. The summed E-state index contributed by atoms with van der Waals surface area (Å²) in [6, 6.07) is 0. The number of halogens is 1. The molecule has 0 unspecified atom stereocenters. The first-order valence-corrected chi connectivity index (χ1v) is 5.48. The van der Waals surface area contributed by atoms with Crippen molar-refractivity contribution in [3.63, 3.8) is 0 Å². The predicted octanol–water partition coefficient (Wildman–Crippen LogP) is 1.08. The quantitative estimate of drug-likeness (QED) is 0.708. The van der Waals surface area contributed by atoms with E-state index in [0.29, 0.717) is 29.1 Å². The fourth-order valence-corrected chi connectivity index (χ4v) is 1.70. The van der Waals surface area contributed by atoms with Crippen molar-refractivity contribution in [1.82, 2.24) is 29.7 Å². The van der Waals surface area contributed by atoms with Crippen molar-refractivity contribution in [1.29, 1.82) is 0 Å². The van der Waals surface area contributed by atoms with Crippen LogP contribution in [0.4, 0.5) is 5.82 Å². The van der Waals surface area contributed by atoms with Gasteiger partial charge in [-0.1, -0.05) is 16.8 Å². The van der Waals surface area contributed by atoms with Gasteiger partial charge in [0.25, 0.3) is 5.78 Å². The highest BCUT2D eigenvalue weighted by Crippen LogP contribution is 2.22. The molecule has 1 N–H and O–H groups in total. The molecule has 3 rings (SSSR count). The Labute approximate surface area is 106 Å². The zero-order valence-electron chi connectivity index (χ0n) is 9.33. The molecule has 0 fully saturated rings. The first-order valence-electron chi connectivity index (χ1n) is 5.10. The summed E-state index contributed by atoms with van der Waals surface area (Å²) in [6.45, 7) is 2.24. The van der Waals surface area contributed by atoms with Gasteiger partial charge in [-0.05, 0) is 6.92 Å². The second-order valence-corrected chi connectivity index (χ2v) is 3.91. The molecule has 0 radical (unpaired) electrons. The van der Waals surface area contributed by atoms with Gasteiger partial charge in [0.1, 0.15) is 17.3 Å². The number of anilines is 1. The van der Waals surface area contributed by atoms with E-state index in [1.54, 1.807) is 4.52 Å². The molecule has 0 spiro atoms. The van der Waals surface area contributed by atoms with Gasteiger partial charge in [0.05, 0.1) is 6.54 Å². The largest absolute Gasteiger partial charge is 0.362 e. The Kier molecular flexibility index (Phi) is 2.56. The maximum atomic E-state index is 6.03. The molecule has 92 valence electrons. The van der Waals surface area contributed by atoms with Crippen LogP contribution < -0.4 is 5.32 Å². The molecule has 0 bridgehead atoms. The lowest BCUT2D eigenvalue weighted by molar-refractivity contribution is 0.411. The molecule has 0 aliphatic carbocycles. The lowest BCUT2D eigenvalue weighted by Crippen LogP contribution is -2.09. The van der Waals surface area contributed by atoms with E-state index >= 15 is 0 Å². The minimum atomic E-state index is 0.381. The lowest BCUT2D eigenvalue weighted by atomic mass is 10.3. The van der Waals surface area contributed by atoms with E-state index in [4.69, 9.17) is 11.6 Å². The zero-order chi connectivity index (χ0) is 12.5. The van der Waals surface area contributed by atoms with Crippen molar-refractivity contribution < 1.29 is 4.52 Å². The molecule has 0 saturated carbocycles. The molecule has 8 nitrogen and oxygen atoms in total. The Morgan fingerprint density at radius 2 is 2.33 bits per heavy atom. The van der Waals surface area contributed by atoms with Crippen molar-refractivity contribution in [2.45, 2.75) is 13.5 Å². The van der Waals surface area contributed by atoms with E-state index in [1.807, 2.05) is 6.92 Å². The van der Waals surface area contributed by atoms with Crippen LogP contribution in [0.5, 0.6) is 0 Å². The summed E-state index contributed by atoms with van der Waals surface area (Å²) in [5.41, 5.74) is 0.776. The predicted molar refractivity (Wildman–Crippen MR) is 62.2 cm³/mol. The maximum Gasteiger partial charge on any atom is 0.255 e. The maximum absolute atomic E-state index is 6.03. The fourth-order valence-electron chi connectivity index (χ4n) is 1.54. The summed E-state index contributed by atoms with van der Waals surface area (Å²) >= 11 is 6.03. The molecule has 3 aromatic rings. The third-order valence-electron chi connectivity index (χ3n) is 2.43. The molecule has 0 atom stereocenters. The molecule has 0 amide bonds. The highest BCUT2D eigenvalue weighted by Gasteiger charge is 2.12. The summed E-state index contributed by atoms with van der Waals surface area (Å²) in [6.07, 6.45) is 2.69. The van der Waals surface area contributed by atoms with E-state index in [-0.39, 0.29) is 0 Å². The standard InChI is InChI=1S/C9H8ClN7O/c1-5-7(10)15-9-12-3-14-17(9)8(5)11-2-6-13-4-18-16-6/h3-4,11H,2H2,1H3. The van der Waals surface area contributed by atoms with Gasteiger partial charge in [-0.3, -0.25) is 0 Å². The van der Waals surface area contributed by atoms with E-state index in [9.17, 15) is 0 Å². The minimum Gasteiger partial charge on any atom is -0.362 e. The minimum absolute atomic E-state index is 0.381. The van der Waals surface area contributed by atoms with Crippen LogP contribution in [-0.4, -0.2) is 29.7 Å². The smallest absolute Gasteiger partial charge is 0.255 e. The van der Waals surface area contributed by atoms with Crippen LogP contribution in [0.25, 0.3) is 5.78 Å². The number of nitrogens with one attached hydrogen (secondary N) is 1. The van der Waals surface area contributed by atoms with Crippen LogP contribution in [-0.2, 0) is 6.54 Å². The highest BCUT2D eigenvalue weighted by atomic mass is 35.5. The van der Waals surface area contributed by atoms with Crippen molar-refractivity contribution >= 4 is 23.2 Å². The van der Waals surface area contributed by atoms with Gasteiger partial charge in [0.15, 0.2) is 5.82 Å². The monoisotopic (exact) mass is 265 g/mol. The molecule has 0 saturated heterocycles. The van der Waals surface area contributed by atoms with Crippen LogP contribution in [0.3, 0.4) is 0 Å². The van der Waals surface area contributed by atoms with Gasteiger partial charge in [-0.25, -0.2) is 0 Å². The summed E-state index contributed by atoms with van der Waals surface area (Å²) < 4.78 is 6.23. The first kappa shape index (κ1) is 10.9. The molecule has 0 aromatic carbocycles. The van der Waals surface area contributed by atoms with E-state index in [1.165, 1.54) is 12.7 Å². The average Bonchev–Trinajstić information content (AvgIpc) is 3.00. The van der Waals surface area contributed by atoms with Gasteiger partial charge in [0, 0.05) is 5.56 Å². The van der Waals surface area contributed by atoms with Crippen molar-refractivity contribution in [2.24, 2.45) is 0 Å². The van der Waals surface area contributed by atoms with E-state index < -0.39 is 0 Å². The third kappa shape index (κ3) is 1.76. The number of rotatable bonds is 3. The zero-order valence-corrected chi connectivity index (χ0v) is 10.1. The van der Waals surface area contributed by atoms with Crippen molar-refractivity contribution in [2.75, 3.05) is 5.32 Å². The lowest BCUT2D eigenvalue weighted by Gasteiger charge is -2.09. The summed E-state index contributed by atoms with van der Waals surface area (Å²) in [4.78, 5) is 12.0. The molecular formula is C9H8ClN7O. The fraction of sp³-hybridized carbons (Fsp3) is 0.222. The number of aromatic nitrogens is 6. The number of hydrogen-bond acceptors (Lipinski definition) is 7.